The van der Waals surface area contributed by atoms with E-state index < -0.39 is 0 Å². The number of carbonyl (C=O) groups excluding carboxylic acids is 1. The fourth-order valence-corrected chi connectivity index (χ4v) is 2.69. The van der Waals surface area contributed by atoms with Crippen LogP contribution in [0.2, 0.25) is 0 Å². The highest BCUT2D eigenvalue weighted by atomic mass is 16.5. The molecule has 0 bridgehead atoms. The number of H-pyrrole nitrogens is 1. The molecule has 24 heavy (non-hydrogen) atoms. The number of carbonyl (C=O) groups is 1. The summed E-state index contributed by atoms with van der Waals surface area (Å²) in [7, 11) is 0. The van der Waals surface area contributed by atoms with Gasteiger partial charge in [0.1, 0.15) is 11.9 Å². The third-order valence-corrected chi connectivity index (χ3v) is 4.03. The molecule has 1 aliphatic heterocycles. The zero-order valence-electron chi connectivity index (χ0n) is 13.5. The van der Waals surface area contributed by atoms with Crippen LogP contribution in [0.1, 0.15) is 35.3 Å². The van der Waals surface area contributed by atoms with Crippen molar-refractivity contribution >= 4 is 5.91 Å². The summed E-state index contributed by atoms with van der Waals surface area (Å²) >= 11 is 0. The third kappa shape index (κ3) is 3.78. The van der Waals surface area contributed by atoms with E-state index in [1.807, 2.05) is 24.0 Å². The lowest BCUT2D eigenvalue weighted by Crippen LogP contribution is -2.42. The highest BCUT2D eigenvalue weighted by Gasteiger charge is 2.27. The summed E-state index contributed by atoms with van der Waals surface area (Å²) < 4.78 is 5.68. The molecule has 1 aliphatic rings. The number of aryl methyl sites for hydroxylation is 2. The van der Waals surface area contributed by atoms with E-state index in [2.05, 4.69) is 21.3 Å². The van der Waals surface area contributed by atoms with Crippen molar-refractivity contribution in [3.05, 3.63) is 47.0 Å². The molecule has 0 aliphatic carbocycles. The minimum absolute atomic E-state index is 0.0971. The lowest BCUT2D eigenvalue weighted by Gasteiger charge is -2.31. The Kier molecular flexibility index (Phi) is 4.87. The molecule has 0 saturated carbocycles. The molecule has 1 aromatic carbocycles. The van der Waals surface area contributed by atoms with Crippen molar-refractivity contribution in [3.8, 4) is 6.07 Å². The van der Waals surface area contributed by atoms with Gasteiger partial charge < -0.3 is 9.64 Å². The first-order chi connectivity index (χ1) is 11.7. The molecular weight excluding hydrogens is 306 g/mol. The molecule has 124 valence electrons. The maximum atomic E-state index is 12.4. The van der Waals surface area contributed by atoms with Crippen LogP contribution in [0.5, 0.6) is 0 Å². The van der Waals surface area contributed by atoms with Gasteiger partial charge in [-0.05, 0) is 31.0 Å². The lowest BCUT2D eigenvalue weighted by atomic mass is 10.1. The van der Waals surface area contributed by atoms with E-state index in [0.717, 1.165) is 11.4 Å². The van der Waals surface area contributed by atoms with Crippen molar-refractivity contribution < 1.29 is 9.53 Å². The first-order valence-corrected chi connectivity index (χ1v) is 7.93. The Morgan fingerprint density at radius 3 is 2.92 bits per heavy atom. The topological polar surface area (TPSA) is 94.9 Å². The molecule has 1 atom stereocenters. The Morgan fingerprint density at radius 1 is 1.46 bits per heavy atom. The van der Waals surface area contributed by atoms with E-state index in [1.165, 1.54) is 0 Å². The van der Waals surface area contributed by atoms with E-state index in [4.69, 9.17) is 10.00 Å². The van der Waals surface area contributed by atoms with Crippen LogP contribution in [-0.4, -0.2) is 45.7 Å². The van der Waals surface area contributed by atoms with E-state index >= 15 is 0 Å². The third-order valence-electron chi connectivity index (χ3n) is 4.03. The first-order valence-electron chi connectivity index (χ1n) is 7.93. The van der Waals surface area contributed by atoms with Crippen molar-refractivity contribution in [2.45, 2.75) is 25.9 Å². The standard InChI is InChI=1S/C17H19N5O2/c1-12-19-17(21-20-12)15-11-22(8-9-24-15)16(23)7-6-13-2-4-14(10-18)5-3-13/h2-5,15H,6-9,11H2,1H3,(H,19,20,21). The number of nitriles is 1. The molecule has 1 N–H and O–H groups in total. The number of hydrogen-bond donors (Lipinski definition) is 1. The maximum absolute atomic E-state index is 12.4. The van der Waals surface area contributed by atoms with Gasteiger partial charge in [0.15, 0.2) is 5.82 Å². The molecule has 2 aromatic rings. The number of aromatic nitrogens is 3. The van der Waals surface area contributed by atoms with E-state index in [1.54, 1.807) is 12.1 Å². The zero-order chi connectivity index (χ0) is 16.9. The highest BCUT2D eigenvalue weighted by molar-refractivity contribution is 5.76. The number of nitrogens with one attached hydrogen (secondary N) is 1. The van der Waals surface area contributed by atoms with Gasteiger partial charge in [-0.1, -0.05) is 12.1 Å². The fraction of sp³-hybridized carbons (Fsp3) is 0.412. The summed E-state index contributed by atoms with van der Waals surface area (Å²) in [5.41, 5.74) is 1.68. The minimum Gasteiger partial charge on any atom is -0.366 e. The molecule has 1 saturated heterocycles. The van der Waals surface area contributed by atoms with Crippen LogP contribution in [0.3, 0.4) is 0 Å². The summed E-state index contributed by atoms with van der Waals surface area (Å²) in [6.45, 7) is 3.39. The van der Waals surface area contributed by atoms with Gasteiger partial charge in [0.25, 0.3) is 0 Å². The van der Waals surface area contributed by atoms with Crippen LogP contribution in [0.4, 0.5) is 0 Å². The molecule has 7 heteroatoms. The number of rotatable bonds is 4. The van der Waals surface area contributed by atoms with Crippen LogP contribution in [0.15, 0.2) is 24.3 Å². The van der Waals surface area contributed by atoms with Gasteiger partial charge in [0.2, 0.25) is 5.91 Å². The largest absolute Gasteiger partial charge is 0.366 e. The SMILES string of the molecule is Cc1nc(C2CN(C(=O)CCc3ccc(C#N)cc3)CCO2)n[nH]1. The number of benzene rings is 1. The highest BCUT2D eigenvalue weighted by Crippen LogP contribution is 2.20. The Bertz CT molecular complexity index is 747. The lowest BCUT2D eigenvalue weighted by molar-refractivity contribution is -0.139. The molecule has 2 heterocycles. The molecule has 1 unspecified atom stereocenters. The average molecular weight is 325 g/mol. The number of morpholine rings is 1. The second-order valence-corrected chi connectivity index (χ2v) is 5.79. The second kappa shape index (κ2) is 7.23. The predicted octanol–water partition coefficient (Wildman–Crippen LogP) is 1.52. The van der Waals surface area contributed by atoms with Crippen molar-refractivity contribution in [1.82, 2.24) is 20.1 Å². The quantitative estimate of drug-likeness (QED) is 0.919. The van der Waals surface area contributed by atoms with Crippen molar-refractivity contribution in [2.24, 2.45) is 0 Å². The second-order valence-electron chi connectivity index (χ2n) is 5.79. The predicted molar refractivity (Wildman–Crippen MR) is 85.9 cm³/mol. The minimum atomic E-state index is -0.275. The number of amides is 1. The van der Waals surface area contributed by atoms with E-state index in [0.29, 0.717) is 43.9 Å². The Hall–Kier alpha value is -2.72. The van der Waals surface area contributed by atoms with Crippen LogP contribution in [0.25, 0.3) is 0 Å². The number of aromatic amines is 1. The van der Waals surface area contributed by atoms with Gasteiger partial charge in [0, 0.05) is 13.0 Å². The molecule has 1 amide bonds. The summed E-state index contributed by atoms with van der Waals surface area (Å²) in [5, 5.41) is 15.7. The molecule has 0 radical (unpaired) electrons. The molecule has 0 spiro atoms. The maximum Gasteiger partial charge on any atom is 0.223 e. The summed E-state index contributed by atoms with van der Waals surface area (Å²) in [6, 6.07) is 9.42. The monoisotopic (exact) mass is 325 g/mol. The van der Waals surface area contributed by atoms with Crippen molar-refractivity contribution in [3.63, 3.8) is 0 Å². The summed E-state index contributed by atoms with van der Waals surface area (Å²) in [5.74, 6) is 1.43. The van der Waals surface area contributed by atoms with Gasteiger partial charge >= 0.3 is 0 Å². The number of ether oxygens (including phenoxy) is 1. The normalized spacial score (nSPS) is 17.5. The Morgan fingerprint density at radius 2 is 2.25 bits per heavy atom. The fourth-order valence-electron chi connectivity index (χ4n) is 2.69. The van der Waals surface area contributed by atoms with E-state index in [-0.39, 0.29) is 12.0 Å². The molecular formula is C17H19N5O2. The van der Waals surface area contributed by atoms with Crippen molar-refractivity contribution in [1.29, 1.82) is 5.26 Å². The van der Waals surface area contributed by atoms with Crippen LogP contribution < -0.4 is 0 Å². The van der Waals surface area contributed by atoms with E-state index in [9.17, 15) is 4.79 Å². The van der Waals surface area contributed by atoms with Crippen LogP contribution in [-0.2, 0) is 16.0 Å². The van der Waals surface area contributed by atoms with Gasteiger partial charge in [-0.15, -0.1) is 0 Å². The molecule has 1 fully saturated rings. The zero-order valence-corrected chi connectivity index (χ0v) is 13.5. The molecule has 1 aromatic heterocycles. The van der Waals surface area contributed by atoms with Crippen molar-refractivity contribution in [2.75, 3.05) is 19.7 Å². The van der Waals surface area contributed by atoms with Gasteiger partial charge in [-0.2, -0.15) is 10.4 Å². The van der Waals surface area contributed by atoms with Crippen LogP contribution >= 0.6 is 0 Å². The number of hydrogen-bond acceptors (Lipinski definition) is 5. The first kappa shape index (κ1) is 16.1. The summed E-state index contributed by atoms with van der Waals surface area (Å²) in [6.07, 6.45) is 0.820. The molecule has 3 rings (SSSR count). The molecule has 7 nitrogen and oxygen atoms in total. The average Bonchev–Trinajstić information content (AvgIpc) is 3.06. The number of nitrogens with zero attached hydrogens (tertiary/aromatic N) is 4. The van der Waals surface area contributed by atoms with Gasteiger partial charge in [-0.25, -0.2) is 4.98 Å². The van der Waals surface area contributed by atoms with Gasteiger partial charge in [0.05, 0.1) is 24.8 Å². The summed E-state index contributed by atoms with van der Waals surface area (Å²) in [4.78, 5) is 18.5. The Labute approximate surface area is 140 Å². The Balaban J connectivity index is 1.55. The van der Waals surface area contributed by atoms with Crippen LogP contribution in [0, 0.1) is 18.3 Å². The smallest absolute Gasteiger partial charge is 0.223 e. The van der Waals surface area contributed by atoms with Gasteiger partial charge in [-0.3, -0.25) is 9.89 Å².